The largest absolute Gasteiger partial charge is 0.383 e. The van der Waals surface area contributed by atoms with E-state index in [9.17, 15) is 9.59 Å². The van der Waals surface area contributed by atoms with Crippen molar-refractivity contribution in [3.05, 3.63) is 24.0 Å². The lowest BCUT2D eigenvalue weighted by Crippen LogP contribution is -2.33. The van der Waals surface area contributed by atoms with Gasteiger partial charge >= 0.3 is 0 Å². The Hall–Kier alpha value is -1.82. The second kappa shape index (κ2) is 7.45. The van der Waals surface area contributed by atoms with Crippen LogP contribution in [0.25, 0.3) is 0 Å². The zero-order valence-corrected chi connectivity index (χ0v) is 13.5. The number of rotatable bonds is 7. The molecule has 2 amide bonds. The predicted molar refractivity (Wildman–Crippen MR) is 83.7 cm³/mol. The third-order valence-electron chi connectivity index (χ3n) is 3.98. The number of aromatic nitrogens is 1. The van der Waals surface area contributed by atoms with Gasteiger partial charge in [-0.1, -0.05) is 0 Å². The van der Waals surface area contributed by atoms with Gasteiger partial charge in [0.1, 0.15) is 5.69 Å². The van der Waals surface area contributed by atoms with Crippen LogP contribution in [-0.4, -0.2) is 54.6 Å². The van der Waals surface area contributed by atoms with Crippen LogP contribution in [0.4, 0.5) is 0 Å². The highest BCUT2D eigenvalue weighted by molar-refractivity contribution is 5.92. The molecule has 1 saturated heterocycles. The number of carbonyl (C=O) groups excluding carboxylic acids is 2. The molecule has 0 saturated carbocycles. The molecule has 1 fully saturated rings. The number of nitrogens with one attached hydrogen (secondary N) is 1. The van der Waals surface area contributed by atoms with Crippen molar-refractivity contribution in [2.75, 3.05) is 33.4 Å². The number of methoxy groups -OCH3 is 1. The van der Waals surface area contributed by atoms with Crippen LogP contribution in [0.15, 0.2) is 18.3 Å². The van der Waals surface area contributed by atoms with E-state index in [0.717, 1.165) is 0 Å². The molecule has 2 rings (SSSR count). The van der Waals surface area contributed by atoms with E-state index in [0.29, 0.717) is 38.4 Å². The molecule has 0 radical (unpaired) electrons. The summed E-state index contributed by atoms with van der Waals surface area (Å²) in [5.74, 6) is 0.235. The van der Waals surface area contributed by atoms with Crippen molar-refractivity contribution in [1.82, 2.24) is 14.8 Å². The zero-order chi connectivity index (χ0) is 16.1. The second-order valence-electron chi connectivity index (χ2n) is 6.01. The summed E-state index contributed by atoms with van der Waals surface area (Å²) in [6, 6.07) is 3.94. The Kier molecular flexibility index (Phi) is 5.60. The highest BCUT2D eigenvalue weighted by Crippen LogP contribution is 2.17. The molecule has 0 spiro atoms. The summed E-state index contributed by atoms with van der Waals surface area (Å²) >= 11 is 0. The van der Waals surface area contributed by atoms with E-state index in [1.807, 2.05) is 36.7 Å². The van der Waals surface area contributed by atoms with Gasteiger partial charge in [-0.25, -0.2) is 0 Å². The molecular weight excluding hydrogens is 282 g/mol. The topological polar surface area (TPSA) is 63.6 Å². The van der Waals surface area contributed by atoms with E-state index in [-0.39, 0.29) is 23.8 Å². The van der Waals surface area contributed by atoms with Crippen LogP contribution < -0.4 is 5.32 Å². The van der Waals surface area contributed by atoms with Gasteiger partial charge in [0, 0.05) is 51.3 Å². The van der Waals surface area contributed by atoms with Crippen LogP contribution >= 0.6 is 0 Å². The molecule has 6 nitrogen and oxygen atoms in total. The first kappa shape index (κ1) is 16.5. The zero-order valence-electron chi connectivity index (χ0n) is 13.5. The number of ether oxygens (including phenoxy) is 1. The Morgan fingerprint density at radius 3 is 2.95 bits per heavy atom. The smallest absolute Gasteiger partial charge is 0.267 e. The van der Waals surface area contributed by atoms with Gasteiger partial charge in [-0.3, -0.25) is 9.59 Å². The van der Waals surface area contributed by atoms with Crippen molar-refractivity contribution >= 4 is 11.8 Å². The lowest BCUT2D eigenvalue weighted by Gasteiger charge is -2.17. The van der Waals surface area contributed by atoms with Crippen molar-refractivity contribution in [1.29, 1.82) is 0 Å². The Morgan fingerprint density at radius 2 is 2.27 bits per heavy atom. The van der Waals surface area contributed by atoms with Gasteiger partial charge in [-0.15, -0.1) is 0 Å². The number of nitrogens with zero attached hydrogens (tertiary/aromatic N) is 2. The lowest BCUT2D eigenvalue weighted by molar-refractivity contribution is -0.128. The minimum absolute atomic E-state index is 0.0820. The summed E-state index contributed by atoms with van der Waals surface area (Å²) in [5.41, 5.74) is 0.663. The summed E-state index contributed by atoms with van der Waals surface area (Å²) in [6.45, 7) is 6.47. The molecule has 1 aromatic heterocycles. The summed E-state index contributed by atoms with van der Waals surface area (Å²) in [6.07, 6.45) is 2.40. The average Bonchev–Trinajstić information content (AvgIpc) is 3.09. The average molecular weight is 307 g/mol. The van der Waals surface area contributed by atoms with E-state index in [4.69, 9.17) is 4.74 Å². The number of hydrogen-bond acceptors (Lipinski definition) is 3. The SMILES string of the molecule is COCCN1CC(CNC(=O)c2cccn2C(C)C)CC1=O. The predicted octanol–water partition coefficient (Wildman–Crippen LogP) is 1.29. The van der Waals surface area contributed by atoms with Crippen LogP contribution in [0.3, 0.4) is 0 Å². The van der Waals surface area contributed by atoms with E-state index < -0.39 is 0 Å². The molecule has 0 aliphatic carbocycles. The van der Waals surface area contributed by atoms with Crippen LogP contribution in [0.2, 0.25) is 0 Å². The van der Waals surface area contributed by atoms with Crippen molar-refractivity contribution in [2.24, 2.45) is 5.92 Å². The molecule has 1 unspecified atom stereocenters. The van der Waals surface area contributed by atoms with Gasteiger partial charge in [-0.05, 0) is 26.0 Å². The maximum Gasteiger partial charge on any atom is 0.267 e. The lowest BCUT2D eigenvalue weighted by atomic mass is 10.1. The second-order valence-corrected chi connectivity index (χ2v) is 6.01. The first-order valence-corrected chi connectivity index (χ1v) is 7.74. The van der Waals surface area contributed by atoms with Crippen molar-refractivity contribution in [3.8, 4) is 0 Å². The minimum Gasteiger partial charge on any atom is -0.383 e. The normalized spacial score (nSPS) is 18.3. The Balaban J connectivity index is 1.84. The van der Waals surface area contributed by atoms with Crippen molar-refractivity contribution < 1.29 is 14.3 Å². The van der Waals surface area contributed by atoms with E-state index >= 15 is 0 Å². The van der Waals surface area contributed by atoms with E-state index in [1.54, 1.807) is 12.0 Å². The monoisotopic (exact) mass is 307 g/mol. The summed E-state index contributed by atoms with van der Waals surface area (Å²) in [7, 11) is 1.63. The Labute approximate surface area is 131 Å². The standard InChI is InChI=1S/C16H25N3O3/c1-12(2)19-6-4-5-14(19)16(21)17-10-13-9-15(20)18(11-13)7-8-22-3/h4-6,12-13H,7-11H2,1-3H3,(H,17,21). The van der Waals surface area contributed by atoms with Gasteiger partial charge in [0.15, 0.2) is 0 Å². The molecule has 0 bridgehead atoms. The fraction of sp³-hybridized carbons (Fsp3) is 0.625. The van der Waals surface area contributed by atoms with Crippen molar-refractivity contribution in [2.45, 2.75) is 26.3 Å². The first-order chi connectivity index (χ1) is 10.5. The maximum atomic E-state index is 12.3. The van der Waals surface area contributed by atoms with Gasteiger partial charge in [0.05, 0.1) is 6.61 Å². The summed E-state index contributed by atoms with van der Waals surface area (Å²) < 4.78 is 6.95. The van der Waals surface area contributed by atoms with Gasteiger partial charge in [0.25, 0.3) is 5.91 Å². The van der Waals surface area contributed by atoms with Crippen LogP contribution in [-0.2, 0) is 9.53 Å². The molecule has 0 aromatic carbocycles. The van der Waals surface area contributed by atoms with Crippen molar-refractivity contribution in [3.63, 3.8) is 0 Å². The molecule has 1 atom stereocenters. The molecular formula is C16H25N3O3. The molecule has 122 valence electrons. The third kappa shape index (κ3) is 3.88. The first-order valence-electron chi connectivity index (χ1n) is 7.74. The molecule has 1 aromatic rings. The van der Waals surface area contributed by atoms with Gasteiger partial charge < -0.3 is 19.5 Å². The Bertz CT molecular complexity index is 524. The molecule has 1 N–H and O–H groups in total. The fourth-order valence-corrected chi connectivity index (χ4v) is 2.77. The molecule has 1 aliphatic heterocycles. The van der Waals surface area contributed by atoms with Crippen LogP contribution in [0.5, 0.6) is 0 Å². The van der Waals surface area contributed by atoms with Gasteiger partial charge in [0.2, 0.25) is 5.91 Å². The maximum absolute atomic E-state index is 12.3. The van der Waals surface area contributed by atoms with Crippen LogP contribution in [0.1, 0.15) is 36.8 Å². The Morgan fingerprint density at radius 1 is 1.50 bits per heavy atom. The van der Waals surface area contributed by atoms with Gasteiger partial charge in [-0.2, -0.15) is 0 Å². The van der Waals surface area contributed by atoms with E-state index in [1.165, 1.54) is 0 Å². The third-order valence-corrected chi connectivity index (χ3v) is 3.98. The molecule has 22 heavy (non-hydrogen) atoms. The number of carbonyl (C=O) groups is 2. The van der Waals surface area contributed by atoms with E-state index in [2.05, 4.69) is 5.32 Å². The fourth-order valence-electron chi connectivity index (χ4n) is 2.77. The molecule has 1 aliphatic rings. The summed E-state index contributed by atoms with van der Waals surface area (Å²) in [4.78, 5) is 25.9. The molecule has 6 heteroatoms. The van der Waals surface area contributed by atoms with Crippen LogP contribution in [0, 0.1) is 5.92 Å². The number of likely N-dealkylation sites (tertiary alicyclic amines) is 1. The number of hydrogen-bond donors (Lipinski definition) is 1. The highest BCUT2D eigenvalue weighted by atomic mass is 16.5. The highest BCUT2D eigenvalue weighted by Gasteiger charge is 2.29. The summed E-state index contributed by atoms with van der Waals surface area (Å²) in [5, 5.41) is 2.95. The quantitative estimate of drug-likeness (QED) is 0.826. The number of amides is 2. The molecule has 2 heterocycles. The minimum atomic E-state index is -0.0820.